The summed E-state index contributed by atoms with van der Waals surface area (Å²) >= 11 is 0. The van der Waals surface area contributed by atoms with E-state index in [2.05, 4.69) is 34.0 Å². The third kappa shape index (κ3) is 1.24. The maximum atomic E-state index is 3.47. The predicted molar refractivity (Wildman–Crippen MR) is 53.9 cm³/mol. The molecular weight excluding hydrogens is 186 g/mol. The van der Waals surface area contributed by atoms with Gasteiger partial charge >= 0.3 is 0 Å². The summed E-state index contributed by atoms with van der Waals surface area (Å²) in [6.07, 6.45) is 9.99. The van der Waals surface area contributed by atoms with Gasteiger partial charge in [-0.05, 0) is 11.6 Å². The summed E-state index contributed by atoms with van der Waals surface area (Å²) in [5, 5.41) is 5.66. The minimum atomic E-state index is 0. The van der Waals surface area contributed by atoms with Gasteiger partial charge in [-0.15, -0.1) is 12.4 Å². The molecule has 0 aromatic carbocycles. The van der Waals surface area contributed by atoms with Crippen molar-refractivity contribution in [3.63, 3.8) is 0 Å². The molecule has 0 aromatic heterocycles. The number of rotatable bonds is 0. The third-order valence-corrected chi connectivity index (χ3v) is 2.55. The molecule has 70 valence electrons. The summed E-state index contributed by atoms with van der Waals surface area (Å²) in [6.45, 7) is 1.01. The van der Waals surface area contributed by atoms with Crippen LogP contribution in [0.5, 0.6) is 0 Å². The molecule has 4 heteroatoms. The highest BCUT2D eigenvalue weighted by Crippen LogP contribution is 2.24. The number of halogens is 1. The van der Waals surface area contributed by atoms with Gasteiger partial charge in [-0.1, -0.05) is 12.2 Å². The van der Waals surface area contributed by atoms with Crippen molar-refractivity contribution >= 4 is 12.4 Å². The molecule has 0 aromatic rings. The monoisotopic (exact) mass is 197 g/mol. The minimum Gasteiger partial charge on any atom is -0.368 e. The number of hydrazine groups is 1. The summed E-state index contributed by atoms with van der Waals surface area (Å²) < 4.78 is 0. The molecule has 2 heterocycles. The fourth-order valence-electron chi connectivity index (χ4n) is 1.90. The molecule has 3 aliphatic rings. The second-order valence-corrected chi connectivity index (χ2v) is 3.32. The first-order chi connectivity index (χ1) is 5.93. The van der Waals surface area contributed by atoms with Gasteiger partial charge in [0, 0.05) is 24.9 Å². The number of nitrogens with zero attached hydrogens (tertiary/aromatic N) is 1. The van der Waals surface area contributed by atoms with Crippen molar-refractivity contribution in [1.82, 2.24) is 15.8 Å². The summed E-state index contributed by atoms with van der Waals surface area (Å²) in [5.41, 5.74) is 6.01. The second kappa shape index (κ2) is 3.09. The molecule has 3 nitrogen and oxygen atoms in total. The van der Waals surface area contributed by atoms with Crippen LogP contribution in [0, 0.1) is 0 Å². The van der Waals surface area contributed by atoms with Crippen LogP contribution in [0.4, 0.5) is 0 Å². The number of hydrogen-bond donors (Lipinski definition) is 2. The van der Waals surface area contributed by atoms with Crippen LogP contribution < -0.4 is 10.7 Å². The average molecular weight is 198 g/mol. The summed E-state index contributed by atoms with van der Waals surface area (Å²) in [5.74, 6) is 0. The zero-order chi connectivity index (χ0) is 7.97. The smallest absolute Gasteiger partial charge is 0.118 e. The van der Waals surface area contributed by atoms with Crippen LogP contribution in [0.1, 0.15) is 6.42 Å². The molecule has 0 spiro atoms. The summed E-state index contributed by atoms with van der Waals surface area (Å²) in [6, 6.07) is 0. The van der Waals surface area contributed by atoms with E-state index in [9.17, 15) is 0 Å². The summed E-state index contributed by atoms with van der Waals surface area (Å²) in [4.78, 5) is 0. The van der Waals surface area contributed by atoms with Gasteiger partial charge < -0.3 is 10.7 Å². The minimum absolute atomic E-state index is 0. The Balaban J connectivity index is 0.000000653. The highest BCUT2D eigenvalue weighted by molar-refractivity contribution is 5.85. The molecule has 0 saturated carbocycles. The van der Waals surface area contributed by atoms with Crippen LogP contribution in [0.15, 0.2) is 35.7 Å². The number of fused-ring (bicyclic) bond motifs is 1. The summed E-state index contributed by atoms with van der Waals surface area (Å²) in [7, 11) is 0. The standard InChI is InChI=1S/C9H11N3.ClH/c1-2-7-6-12-9(4-5-10-12)11-8(7)3-1;/h1-2,4-5,9-11H,3,6H2;1H. The van der Waals surface area contributed by atoms with E-state index in [1.165, 1.54) is 11.3 Å². The Bertz CT molecular complexity index is 306. The van der Waals surface area contributed by atoms with E-state index in [-0.39, 0.29) is 12.4 Å². The lowest BCUT2D eigenvalue weighted by molar-refractivity contribution is 0.187. The average Bonchev–Trinajstić information content (AvgIpc) is 2.64. The lowest BCUT2D eigenvalue weighted by Crippen LogP contribution is -2.49. The van der Waals surface area contributed by atoms with E-state index in [0.717, 1.165) is 13.0 Å². The van der Waals surface area contributed by atoms with Gasteiger partial charge in [0.05, 0.1) is 0 Å². The molecule has 2 aliphatic heterocycles. The number of hydrogen-bond acceptors (Lipinski definition) is 3. The van der Waals surface area contributed by atoms with E-state index in [1.807, 2.05) is 6.20 Å². The fourth-order valence-corrected chi connectivity index (χ4v) is 1.90. The Morgan fingerprint density at radius 3 is 3.31 bits per heavy atom. The lowest BCUT2D eigenvalue weighted by atomic mass is 10.2. The largest absolute Gasteiger partial charge is 0.368 e. The van der Waals surface area contributed by atoms with Crippen LogP contribution >= 0.6 is 12.4 Å². The Labute approximate surface area is 83.6 Å². The van der Waals surface area contributed by atoms with Crippen molar-refractivity contribution in [1.29, 1.82) is 0 Å². The molecular formula is C9H12ClN3. The van der Waals surface area contributed by atoms with Crippen molar-refractivity contribution in [2.45, 2.75) is 12.6 Å². The number of allylic oxidation sites excluding steroid dienone is 1. The van der Waals surface area contributed by atoms with Crippen LogP contribution in [-0.2, 0) is 0 Å². The van der Waals surface area contributed by atoms with E-state index < -0.39 is 0 Å². The molecule has 2 N–H and O–H groups in total. The van der Waals surface area contributed by atoms with Crippen molar-refractivity contribution < 1.29 is 0 Å². The molecule has 13 heavy (non-hydrogen) atoms. The maximum Gasteiger partial charge on any atom is 0.118 e. The van der Waals surface area contributed by atoms with Crippen molar-refractivity contribution in [2.24, 2.45) is 0 Å². The SMILES string of the molecule is C1=CC2=C(C1)NC1C=CNN1C2.Cl. The van der Waals surface area contributed by atoms with Crippen molar-refractivity contribution in [2.75, 3.05) is 6.54 Å². The molecule has 1 aliphatic carbocycles. The van der Waals surface area contributed by atoms with Crippen LogP contribution in [0.25, 0.3) is 0 Å². The molecule has 0 fully saturated rings. The highest BCUT2D eigenvalue weighted by Gasteiger charge is 2.27. The zero-order valence-electron chi connectivity index (χ0n) is 7.16. The van der Waals surface area contributed by atoms with E-state index in [1.54, 1.807) is 0 Å². The molecule has 1 atom stereocenters. The Morgan fingerprint density at radius 2 is 2.38 bits per heavy atom. The highest BCUT2D eigenvalue weighted by atomic mass is 35.5. The van der Waals surface area contributed by atoms with Crippen LogP contribution in [-0.4, -0.2) is 17.7 Å². The molecule has 0 saturated heterocycles. The van der Waals surface area contributed by atoms with Crippen molar-refractivity contribution in [3.05, 3.63) is 35.7 Å². The van der Waals surface area contributed by atoms with Gasteiger partial charge in [-0.3, -0.25) is 0 Å². The molecule has 0 amide bonds. The molecule has 0 radical (unpaired) electrons. The lowest BCUT2D eigenvalue weighted by Gasteiger charge is -2.31. The van der Waals surface area contributed by atoms with E-state index in [4.69, 9.17) is 0 Å². The van der Waals surface area contributed by atoms with Gasteiger partial charge in [-0.2, -0.15) is 5.01 Å². The van der Waals surface area contributed by atoms with E-state index in [0.29, 0.717) is 6.17 Å². The topological polar surface area (TPSA) is 27.3 Å². The third-order valence-electron chi connectivity index (χ3n) is 2.55. The number of nitrogens with one attached hydrogen (secondary N) is 2. The van der Waals surface area contributed by atoms with Gasteiger partial charge in [0.25, 0.3) is 0 Å². The van der Waals surface area contributed by atoms with Crippen LogP contribution in [0.2, 0.25) is 0 Å². The first kappa shape index (κ1) is 8.66. The Morgan fingerprint density at radius 1 is 1.46 bits per heavy atom. The van der Waals surface area contributed by atoms with Gasteiger partial charge in [0.15, 0.2) is 0 Å². The normalized spacial score (nSPS) is 29.1. The van der Waals surface area contributed by atoms with Gasteiger partial charge in [-0.25, -0.2) is 0 Å². The molecule has 0 bridgehead atoms. The van der Waals surface area contributed by atoms with E-state index >= 15 is 0 Å². The predicted octanol–water partition coefficient (Wildman–Crippen LogP) is 0.885. The Kier molecular flexibility index (Phi) is 2.06. The molecule has 1 unspecified atom stereocenters. The van der Waals surface area contributed by atoms with Crippen molar-refractivity contribution in [3.8, 4) is 0 Å². The maximum absolute atomic E-state index is 3.47. The second-order valence-electron chi connectivity index (χ2n) is 3.32. The molecule has 3 rings (SSSR count). The first-order valence-electron chi connectivity index (χ1n) is 4.28. The van der Waals surface area contributed by atoms with Crippen LogP contribution in [0.3, 0.4) is 0 Å². The zero-order valence-corrected chi connectivity index (χ0v) is 7.97. The van der Waals surface area contributed by atoms with Gasteiger partial charge in [0.1, 0.15) is 6.17 Å². The fraction of sp³-hybridized carbons (Fsp3) is 0.333. The quantitative estimate of drug-likeness (QED) is 0.604. The first-order valence-corrected chi connectivity index (χ1v) is 4.28. The van der Waals surface area contributed by atoms with Gasteiger partial charge in [0.2, 0.25) is 0 Å². The Hall–Kier alpha value is -0.930.